The van der Waals surface area contributed by atoms with Crippen LogP contribution in [0.15, 0.2) is 24.3 Å². The van der Waals surface area contributed by atoms with Crippen LogP contribution >= 0.6 is 11.6 Å². The lowest BCUT2D eigenvalue weighted by Crippen LogP contribution is -2.35. The van der Waals surface area contributed by atoms with Crippen LogP contribution < -0.4 is 4.72 Å². The summed E-state index contributed by atoms with van der Waals surface area (Å²) in [4.78, 5) is 12.3. The summed E-state index contributed by atoms with van der Waals surface area (Å²) in [5, 5.41) is -0.0843. The molecule has 1 N–H and O–H groups in total. The van der Waals surface area contributed by atoms with Gasteiger partial charge in [0.15, 0.2) is 0 Å². The molecule has 0 fully saturated rings. The molecule has 0 saturated carbocycles. The van der Waals surface area contributed by atoms with Crippen molar-refractivity contribution >= 4 is 28.1 Å². The molecule has 2 rings (SSSR count). The Balaban J connectivity index is 2.63. The van der Waals surface area contributed by atoms with E-state index in [9.17, 15) is 9.18 Å². The Hall–Kier alpha value is -1.85. The molecule has 170 valence electrons. The zero-order valence-corrected chi connectivity index (χ0v) is 20.3. The Morgan fingerprint density at radius 2 is 1.77 bits per heavy atom. The predicted octanol–water partition coefficient (Wildman–Crippen LogP) is 6.41. The lowest BCUT2D eigenvalue weighted by Gasteiger charge is -2.39. The van der Waals surface area contributed by atoms with Crippen LogP contribution in [0.3, 0.4) is 0 Å². The molecule has 1 atom stereocenters. The van der Waals surface area contributed by atoms with E-state index in [4.69, 9.17) is 22.0 Å². The van der Waals surface area contributed by atoms with Crippen molar-refractivity contribution in [2.75, 3.05) is 6.61 Å². The van der Waals surface area contributed by atoms with E-state index in [0.29, 0.717) is 16.7 Å². The maximum absolute atomic E-state index is 15.2. The maximum atomic E-state index is 15.2. The summed E-state index contributed by atoms with van der Waals surface area (Å²) in [7, 11) is -0.833. The molecular weight excluding hydrogens is 440 g/mol. The van der Waals surface area contributed by atoms with Gasteiger partial charge in [0.2, 0.25) is 0 Å². The molecule has 7 heteroatoms. The highest BCUT2D eigenvalue weighted by atomic mass is 35.5. The van der Waals surface area contributed by atoms with Crippen LogP contribution in [-0.2, 0) is 20.0 Å². The topological polar surface area (TPSA) is 38.3 Å². The van der Waals surface area contributed by atoms with Crippen LogP contribution in [-0.4, -0.2) is 17.3 Å². The van der Waals surface area contributed by atoms with Crippen molar-refractivity contribution in [2.24, 2.45) is 0 Å². The first-order valence-corrected chi connectivity index (χ1v) is 11.7. The predicted molar refractivity (Wildman–Crippen MR) is 125 cm³/mol. The van der Waals surface area contributed by atoms with Crippen LogP contribution in [0.5, 0.6) is 0 Å². The molecule has 2 aromatic carbocycles. The van der Waals surface area contributed by atoms with Gasteiger partial charge in [-0.25, -0.2) is 8.78 Å². The van der Waals surface area contributed by atoms with E-state index in [0.717, 1.165) is 5.56 Å². The largest absolute Gasteiger partial charge is 0.466 e. The summed E-state index contributed by atoms with van der Waals surface area (Å²) in [6.07, 6.45) is -0.108. The minimum atomic E-state index is -0.833. The summed E-state index contributed by atoms with van der Waals surface area (Å²) in [6.45, 7) is 11.4. The van der Waals surface area contributed by atoms with E-state index >= 15 is 4.39 Å². The summed E-state index contributed by atoms with van der Waals surface area (Å²) in [5.41, 5.74) is 9.33. The smallest absolute Gasteiger partial charge is 0.307 e. The van der Waals surface area contributed by atoms with Gasteiger partial charge in [-0.3, -0.25) is 4.79 Å². The molecule has 0 aliphatic carbocycles. The Morgan fingerprint density at radius 1 is 1.19 bits per heavy atom. The van der Waals surface area contributed by atoms with Crippen molar-refractivity contribution in [3.05, 3.63) is 57.6 Å². The van der Waals surface area contributed by atoms with Gasteiger partial charge in [-0.2, -0.15) is 0 Å². The van der Waals surface area contributed by atoms with Gasteiger partial charge < -0.3 is 25.6 Å². The standard InChI is InChI=1S/C24H29ClF2NO2S/c1-8-30-21(29)13-20(28-31(7)24(4,5)6)18-11-16(12-19(25)23(18)27)22-14(2)9-17(26)10-15(22)3/h7,9-12,20,28H,8,13H2,1-6H3/q-1/t20-/m0/s1. The Morgan fingerprint density at radius 3 is 2.29 bits per heavy atom. The van der Waals surface area contributed by atoms with Gasteiger partial charge in [-0.05, 0) is 67.3 Å². The maximum Gasteiger partial charge on any atom is 0.307 e. The number of carbonyl (C=O) groups excluding carboxylic acids is 1. The number of hydrogen-bond acceptors (Lipinski definition) is 4. The fourth-order valence-electron chi connectivity index (χ4n) is 3.31. The number of halogens is 3. The third-order valence-corrected chi connectivity index (χ3v) is 6.96. The highest BCUT2D eigenvalue weighted by Gasteiger charge is 2.23. The number of esters is 1. The number of rotatable bonds is 6. The number of ether oxygens (including phenoxy) is 1. The zero-order chi connectivity index (χ0) is 23.5. The van der Waals surface area contributed by atoms with Crippen LogP contribution in [0.2, 0.25) is 5.02 Å². The Kier molecular flexibility index (Phi) is 8.34. The normalized spacial score (nSPS) is 12.8. The molecule has 0 aliphatic heterocycles. The van der Waals surface area contributed by atoms with Crippen molar-refractivity contribution in [3.8, 4) is 16.8 Å². The molecule has 0 aromatic heterocycles. The van der Waals surface area contributed by atoms with Crippen LogP contribution in [0.1, 0.15) is 56.8 Å². The van der Waals surface area contributed by atoms with Gasteiger partial charge in [0.25, 0.3) is 0 Å². The second-order valence-electron chi connectivity index (χ2n) is 8.41. The third kappa shape index (κ3) is 6.33. The summed E-state index contributed by atoms with van der Waals surface area (Å²) >= 11 is 6.25. The summed E-state index contributed by atoms with van der Waals surface area (Å²) < 4.78 is 36.9. The van der Waals surface area contributed by atoms with Crippen molar-refractivity contribution in [1.29, 1.82) is 0 Å². The molecule has 0 saturated heterocycles. The van der Waals surface area contributed by atoms with Gasteiger partial charge >= 0.3 is 5.97 Å². The summed E-state index contributed by atoms with van der Waals surface area (Å²) in [5.74, 6) is -1.44. The molecule has 3 nitrogen and oxygen atoms in total. The van der Waals surface area contributed by atoms with Gasteiger partial charge in [-0.1, -0.05) is 32.4 Å². The van der Waals surface area contributed by atoms with Crippen molar-refractivity contribution in [1.82, 2.24) is 4.72 Å². The molecule has 0 spiro atoms. The lowest BCUT2D eigenvalue weighted by atomic mass is 9.92. The van der Waals surface area contributed by atoms with E-state index in [2.05, 4.69) is 4.72 Å². The second kappa shape index (κ2) is 10.2. The molecular formula is C24H29ClF2NO2S-. The minimum Gasteiger partial charge on any atom is -0.466 e. The highest BCUT2D eigenvalue weighted by Crippen LogP contribution is 2.36. The van der Waals surface area contributed by atoms with Crippen molar-refractivity contribution in [2.45, 2.75) is 58.8 Å². The van der Waals surface area contributed by atoms with E-state index in [1.165, 1.54) is 18.2 Å². The first kappa shape index (κ1) is 25.4. The van der Waals surface area contributed by atoms with Crippen molar-refractivity contribution < 1.29 is 18.3 Å². The van der Waals surface area contributed by atoms with Gasteiger partial charge in [-0.15, -0.1) is 4.75 Å². The average Bonchev–Trinajstić information content (AvgIpc) is 2.62. The van der Waals surface area contributed by atoms with Crippen LogP contribution in [0, 0.1) is 31.2 Å². The first-order valence-electron chi connectivity index (χ1n) is 10.0. The number of hydrogen-bond donors (Lipinski definition) is 1. The molecule has 0 heterocycles. The molecule has 2 aromatic rings. The summed E-state index contributed by atoms with van der Waals surface area (Å²) in [6, 6.07) is 5.26. The molecule has 0 bridgehead atoms. The van der Waals surface area contributed by atoms with Gasteiger partial charge in [0.1, 0.15) is 11.6 Å². The van der Waals surface area contributed by atoms with Crippen LogP contribution in [0.4, 0.5) is 8.78 Å². The number of aryl methyl sites for hydroxylation is 2. The van der Waals surface area contributed by atoms with E-state index in [-0.39, 0.29) is 34.2 Å². The molecule has 0 amide bonds. The first-order chi connectivity index (χ1) is 14.3. The van der Waals surface area contributed by atoms with E-state index in [1.807, 2.05) is 20.8 Å². The average molecular weight is 469 g/mol. The lowest BCUT2D eigenvalue weighted by molar-refractivity contribution is -0.143. The Bertz CT molecular complexity index is 1030. The molecule has 31 heavy (non-hydrogen) atoms. The zero-order valence-electron chi connectivity index (χ0n) is 18.7. The fraction of sp³-hybridized carbons (Fsp3) is 0.417. The molecule has 0 radical (unpaired) electrons. The third-order valence-electron chi connectivity index (χ3n) is 4.82. The van der Waals surface area contributed by atoms with Crippen LogP contribution in [0.25, 0.3) is 11.1 Å². The molecule has 0 unspecified atom stereocenters. The van der Waals surface area contributed by atoms with Gasteiger partial charge in [0.05, 0.1) is 18.1 Å². The minimum absolute atomic E-state index is 0.0843. The number of carbonyl (C=O) groups is 1. The number of nitrogens with one attached hydrogen (secondary N) is 1. The second-order valence-corrected chi connectivity index (χ2v) is 10.9. The quantitative estimate of drug-likeness (QED) is 0.393. The van der Waals surface area contributed by atoms with E-state index in [1.54, 1.807) is 26.8 Å². The SMILES string of the molecule is C#[S-](N[C@@H](CC(=O)OCC)c1cc(-c2c(C)cc(F)cc2C)cc(Cl)c1F)C(C)(C)C. The van der Waals surface area contributed by atoms with E-state index < -0.39 is 28.3 Å². The van der Waals surface area contributed by atoms with Gasteiger partial charge in [0, 0.05) is 11.6 Å². The fourth-order valence-corrected chi connectivity index (χ4v) is 4.40. The van der Waals surface area contributed by atoms with Crippen molar-refractivity contribution in [3.63, 3.8) is 0 Å². The Labute approximate surface area is 190 Å². The monoisotopic (exact) mass is 468 g/mol. The highest BCUT2D eigenvalue weighted by molar-refractivity contribution is 7.85. The number of benzene rings is 2. The molecule has 0 aliphatic rings.